The zero-order valence-electron chi connectivity index (χ0n) is 10.5. The molecule has 1 fully saturated rings. The fourth-order valence-corrected chi connectivity index (χ4v) is 3.29. The second kappa shape index (κ2) is 6.59. The molecule has 19 heavy (non-hydrogen) atoms. The molecule has 1 aliphatic rings. The number of carbonyl (C=O) groups is 1. The zero-order chi connectivity index (χ0) is 13.8. The molecule has 1 aliphatic heterocycles. The number of carbonyl (C=O) groups excluding carboxylic acids is 1. The molecule has 6 heteroatoms. The molecule has 0 aliphatic carbocycles. The normalized spacial score (nSPS) is 20.3. The highest BCUT2D eigenvalue weighted by Gasteiger charge is 2.27. The molecule has 0 unspecified atom stereocenters. The number of ether oxygens (including phenoxy) is 1. The van der Waals surface area contributed by atoms with Crippen LogP contribution in [0.4, 0.5) is 4.39 Å². The van der Waals surface area contributed by atoms with Crippen molar-refractivity contribution in [3.05, 3.63) is 34.6 Å². The first kappa shape index (κ1) is 14.6. The van der Waals surface area contributed by atoms with Crippen molar-refractivity contribution < 1.29 is 13.9 Å². The van der Waals surface area contributed by atoms with E-state index in [1.807, 2.05) is 11.8 Å². The second-order valence-corrected chi connectivity index (χ2v) is 5.91. The van der Waals surface area contributed by atoms with Gasteiger partial charge in [-0.15, -0.1) is 0 Å². The van der Waals surface area contributed by atoms with Crippen LogP contribution in [0.5, 0.6) is 0 Å². The minimum Gasteiger partial charge on any atom is -0.468 e. The number of methoxy groups -OCH3 is 1. The summed E-state index contributed by atoms with van der Waals surface area (Å²) in [5.41, 5.74) is 0.533. The van der Waals surface area contributed by atoms with E-state index in [0.29, 0.717) is 5.56 Å². The third-order valence-electron chi connectivity index (χ3n) is 3.05. The van der Waals surface area contributed by atoms with E-state index < -0.39 is 17.8 Å². The van der Waals surface area contributed by atoms with E-state index in [1.165, 1.54) is 19.2 Å². The topological polar surface area (TPSA) is 38.3 Å². The van der Waals surface area contributed by atoms with Gasteiger partial charge in [0.15, 0.2) is 0 Å². The molecular weight excluding hydrogens is 289 g/mol. The monoisotopic (exact) mass is 303 g/mol. The molecule has 0 saturated carbocycles. The number of halogens is 2. The van der Waals surface area contributed by atoms with Gasteiger partial charge in [-0.25, -0.2) is 9.18 Å². The lowest BCUT2D eigenvalue weighted by Crippen LogP contribution is -2.37. The van der Waals surface area contributed by atoms with E-state index in [9.17, 15) is 9.18 Å². The standard InChI is InChI=1S/C13H15ClFNO2S/c1-18-13(17)12(16-9-4-5-19-7-9)8-2-3-10(14)11(15)6-8/h2-3,6,9,12,16H,4-5,7H2,1H3/t9-,12+/m0/s1. The van der Waals surface area contributed by atoms with E-state index >= 15 is 0 Å². The van der Waals surface area contributed by atoms with Crippen molar-refractivity contribution in [3.8, 4) is 0 Å². The van der Waals surface area contributed by atoms with Crippen molar-refractivity contribution >= 4 is 29.3 Å². The lowest BCUT2D eigenvalue weighted by atomic mass is 10.1. The number of thioether (sulfide) groups is 1. The van der Waals surface area contributed by atoms with Crippen LogP contribution in [0, 0.1) is 5.82 Å². The van der Waals surface area contributed by atoms with Crippen LogP contribution in [-0.2, 0) is 9.53 Å². The average molecular weight is 304 g/mol. The number of esters is 1. The molecular formula is C13H15ClFNO2S. The molecule has 1 saturated heterocycles. The maximum atomic E-state index is 13.5. The summed E-state index contributed by atoms with van der Waals surface area (Å²) in [6.45, 7) is 0. The Balaban J connectivity index is 2.20. The van der Waals surface area contributed by atoms with Gasteiger partial charge in [-0.1, -0.05) is 17.7 Å². The van der Waals surface area contributed by atoms with Gasteiger partial charge in [-0.2, -0.15) is 11.8 Å². The van der Waals surface area contributed by atoms with Crippen LogP contribution >= 0.6 is 23.4 Å². The lowest BCUT2D eigenvalue weighted by Gasteiger charge is -2.21. The summed E-state index contributed by atoms with van der Waals surface area (Å²) in [7, 11) is 1.33. The molecule has 1 aromatic carbocycles. The number of rotatable bonds is 4. The Hall–Kier alpha value is -0.780. The SMILES string of the molecule is COC(=O)[C@H](N[C@H]1CCSC1)c1ccc(Cl)c(F)c1. The van der Waals surface area contributed by atoms with Gasteiger partial charge in [0.25, 0.3) is 0 Å². The van der Waals surface area contributed by atoms with Gasteiger partial charge in [0.2, 0.25) is 0 Å². The quantitative estimate of drug-likeness (QED) is 0.868. The van der Waals surface area contributed by atoms with Crippen LogP contribution in [0.15, 0.2) is 18.2 Å². The van der Waals surface area contributed by atoms with Crippen molar-refractivity contribution in [2.45, 2.75) is 18.5 Å². The van der Waals surface area contributed by atoms with Gasteiger partial charge in [-0.3, -0.25) is 5.32 Å². The molecule has 0 aromatic heterocycles. The first-order valence-electron chi connectivity index (χ1n) is 5.98. The van der Waals surface area contributed by atoms with Gasteiger partial charge >= 0.3 is 5.97 Å². The maximum absolute atomic E-state index is 13.5. The summed E-state index contributed by atoms with van der Waals surface area (Å²) >= 11 is 7.49. The van der Waals surface area contributed by atoms with E-state index in [-0.39, 0.29) is 11.1 Å². The first-order chi connectivity index (χ1) is 9.11. The third-order valence-corrected chi connectivity index (χ3v) is 4.51. The van der Waals surface area contributed by atoms with Gasteiger partial charge in [-0.05, 0) is 29.9 Å². The van der Waals surface area contributed by atoms with Gasteiger partial charge in [0, 0.05) is 11.8 Å². The Bertz CT molecular complexity index is 466. The minimum absolute atomic E-state index is 0.0452. The first-order valence-corrected chi connectivity index (χ1v) is 7.51. The van der Waals surface area contributed by atoms with Crippen molar-refractivity contribution in [1.82, 2.24) is 5.32 Å². The summed E-state index contributed by atoms with van der Waals surface area (Å²) in [5, 5.41) is 3.27. The summed E-state index contributed by atoms with van der Waals surface area (Å²) in [4.78, 5) is 11.8. The van der Waals surface area contributed by atoms with Crippen LogP contribution < -0.4 is 5.32 Å². The van der Waals surface area contributed by atoms with Crippen LogP contribution in [-0.4, -0.2) is 30.6 Å². The average Bonchev–Trinajstić information content (AvgIpc) is 2.91. The molecule has 104 valence electrons. The summed E-state index contributed by atoms with van der Waals surface area (Å²) < 4.78 is 18.3. The fraction of sp³-hybridized carbons (Fsp3) is 0.462. The molecule has 1 heterocycles. The Kier molecular flexibility index (Phi) is 5.07. The summed E-state index contributed by atoms with van der Waals surface area (Å²) in [6, 6.07) is 3.96. The highest BCUT2D eigenvalue weighted by Crippen LogP contribution is 2.24. The minimum atomic E-state index is -0.652. The van der Waals surface area contributed by atoms with E-state index in [2.05, 4.69) is 5.32 Å². The molecule has 1 N–H and O–H groups in total. The fourth-order valence-electron chi connectivity index (χ4n) is 2.01. The van der Waals surface area contributed by atoms with Crippen LogP contribution in [0.2, 0.25) is 5.02 Å². The number of hydrogen-bond acceptors (Lipinski definition) is 4. The Morgan fingerprint density at radius 3 is 3.00 bits per heavy atom. The Labute approximate surface area is 120 Å². The molecule has 0 radical (unpaired) electrons. The lowest BCUT2D eigenvalue weighted by molar-refractivity contribution is -0.143. The smallest absolute Gasteiger partial charge is 0.327 e. The predicted octanol–water partition coefficient (Wildman–Crippen LogP) is 2.79. The van der Waals surface area contributed by atoms with Crippen LogP contribution in [0.1, 0.15) is 18.0 Å². The molecule has 2 rings (SSSR count). The third kappa shape index (κ3) is 3.61. The zero-order valence-corrected chi connectivity index (χ0v) is 12.1. The second-order valence-electron chi connectivity index (χ2n) is 4.36. The molecule has 0 amide bonds. The van der Waals surface area contributed by atoms with Gasteiger partial charge < -0.3 is 4.74 Å². The Morgan fingerprint density at radius 1 is 1.63 bits per heavy atom. The Morgan fingerprint density at radius 2 is 2.42 bits per heavy atom. The van der Waals surface area contributed by atoms with Crippen LogP contribution in [0.3, 0.4) is 0 Å². The highest BCUT2D eigenvalue weighted by atomic mass is 35.5. The van der Waals surface area contributed by atoms with E-state index in [0.717, 1.165) is 17.9 Å². The molecule has 1 aromatic rings. The summed E-state index contributed by atoms with van der Waals surface area (Å²) in [5.74, 6) is 1.07. The number of hydrogen-bond donors (Lipinski definition) is 1. The predicted molar refractivity (Wildman–Crippen MR) is 75.0 cm³/mol. The molecule has 2 atom stereocenters. The molecule has 3 nitrogen and oxygen atoms in total. The van der Waals surface area contributed by atoms with Crippen molar-refractivity contribution in [1.29, 1.82) is 0 Å². The molecule has 0 spiro atoms. The largest absolute Gasteiger partial charge is 0.468 e. The number of nitrogens with one attached hydrogen (secondary N) is 1. The van der Waals surface area contributed by atoms with Crippen molar-refractivity contribution in [2.24, 2.45) is 0 Å². The van der Waals surface area contributed by atoms with Gasteiger partial charge in [0.05, 0.1) is 12.1 Å². The summed E-state index contributed by atoms with van der Waals surface area (Å²) in [6.07, 6.45) is 0.994. The molecule has 0 bridgehead atoms. The maximum Gasteiger partial charge on any atom is 0.327 e. The van der Waals surface area contributed by atoms with Crippen molar-refractivity contribution in [2.75, 3.05) is 18.6 Å². The van der Waals surface area contributed by atoms with Crippen molar-refractivity contribution in [3.63, 3.8) is 0 Å². The highest BCUT2D eigenvalue weighted by molar-refractivity contribution is 7.99. The van der Waals surface area contributed by atoms with E-state index in [1.54, 1.807) is 6.07 Å². The van der Waals surface area contributed by atoms with Crippen LogP contribution in [0.25, 0.3) is 0 Å². The van der Waals surface area contributed by atoms with Gasteiger partial charge in [0.1, 0.15) is 11.9 Å². The van der Waals surface area contributed by atoms with E-state index in [4.69, 9.17) is 16.3 Å². The number of benzene rings is 1.